The second kappa shape index (κ2) is 15.3. The Kier molecular flexibility index (Phi) is 13.6. The van der Waals surface area contributed by atoms with Crippen LogP contribution in [-0.4, -0.2) is 70.7 Å². The Bertz CT molecular complexity index is 810. The van der Waals surface area contributed by atoms with Gasteiger partial charge in [-0.25, -0.2) is 0 Å². The van der Waals surface area contributed by atoms with Crippen LogP contribution >= 0.6 is 24.8 Å². The summed E-state index contributed by atoms with van der Waals surface area (Å²) in [5.41, 5.74) is 2.26. The summed E-state index contributed by atoms with van der Waals surface area (Å²) in [6.07, 6.45) is 6.90. The maximum Gasteiger partial charge on any atom is 0.323 e. The van der Waals surface area contributed by atoms with E-state index in [0.717, 1.165) is 43.5 Å². The van der Waals surface area contributed by atoms with Gasteiger partial charge in [0.1, 0.15) is 12.6 Å². The molecule has 1 amide bonds. The van der Waals surface area contributed by atoms with E-state index in [1.165, 1.54) is 17.7 Å². The number of benzene rings is 1. The van der Waals surface area contributed by atoms with Crippen molar-refractivity contribution in [3.8, 4) is 0 Å². The standard InChI is InChI=1S/C25H37N3O5.2ClH/c1-17(27-22(25(32)33)9-5-2-6-18-10-12-26-13-11-18)24(31)28(16-23(29)30)21-14-19-7-3-4-8-20(19)15-21;;/h3-4,7-8,17-18,21-22,26-27H,2,5-6,9-16H2,1H3,(H,29,30)(H,32,33);2*1H/t17-,22-;;/m0../s1. The van der Waals surface area contributed by atoms with Gasteiger partial charge in [-0.3, -0.25) is 19.7 Å². The fourth-order valence-corrected chi connectivity index (χ4v) is 5.14. The topological polar surface area (TPSA) is 119 Å². The zero-order valence-corrected chi connectivity index (χ0v) is 21.9. The van der Waals surface area contributed by atoms with Gasteiger partial charge >= 0.3 is 11.9 Å². The van der Waals surface area contributed by atoms with Gasteiger partial charge in [-0.05, 0) is 69.2 Å². The van der Waals surface area contributed by atoms with Crippen LogP contribution in [0.3, 0.4) is 0 Å². The molecule has 1 heterocycles. The van der Waals surface area contributed by atoms with Crippen molar-refractivity contribution < 1.29 is 24.6 Å². The van der Waals surface area contributed by atoms with Crippen molar-refractivity contribution in [3.63, 3.8) is 0 Å². The summed E-state index contributed by atoms with van der Waals surface area (Å²) < 4.78 is 0. The maximum absolute atomic E-state index is 13.2. The summed E-state index contributed by atoms with van der Waals surface area (Å²) in [5, 5.41) is 25.4. The van der Waals surface area contributed by atoms with Crippen LogP contribution < -0.4 is 10.6 Å². The molecular weight excluding hydrogens is 493 g/mol. The van der Waals surface area contributed by atoms with E-state index < -0.39 is 30.6 Å². The van der Waals surface area contributed by atoms with Gasteiger partial charge in [-0.15, -0.1) is 24.8 Å². The van der Waals surface area contributed by atoms with E-state index in [9.17, 15) is 24.6 Å². The summed E-state index contributed by atoms with van der Waals surface area (Å²) in [5.74, 6) is -1.70. The highest BCUT2D eigenvalue weighted by molar-refractivity contribution is 5.86. The maximum atomic E-state index is 13.2. The van der Waals surface area contributed by atoms with E-state index in [1.54, 1.807) is 6.92 Å². The molecule has 1 fully saturated rings. The second-order valence-electron chi connectivity index (χ2n) is 9.45. The largest absolute Gasteiger partial charge is 0.480 e. The first-order chi connectivity index (χ1) is 15.8. The van der Waals surface area contributed by atoms with Gasteiger partial charge in [0.05, 0.1) is 6.04 Å². The molecule has 0 aromatic heterocycles. The van der Waals surface area contributed by atoms with Crippen LogP contribution in [0.25, 0.3) is 0 Å². The van der Waals surface area contributed by atoms with E-state index in [2.05, 4.69) is 10.6 Å². The molecule has 198 valence electrons. The molecule has 1 aromatic carbocycles. The molecule has 1 aromatic rings. The molecule has 0 saturated carbocycles. The number of carbonyl (C=O) groups excluding carboxylic acids is 1. The highest BCUT2D eigenvalue weighted by Gasteiger charge is 2.34. The Morgan fingerprint density at radius 3 is 2.20 bits per heavy atom. The SMILES string of the molecule is C[C@H](N[C@@H](CCCCC1CCNCC1)C(=O)O)C(=O)N(CC(=O)O)C1Cc2ccccc2C1.Cl.Cl. The predicted octanol–water partition coefficient (Wildman–Crippen LogP) is 2.90. The van der Waals surface area contributed by atoms with Gasteiger partial charge in [-0.1, -0.05) is 43.5 Å². The van der Waals surface area contributed by atoms with Crippen LogP contribution in [0.1, 0.15) is 56.6 Å². The molecule has 0 unspecified atom stereocenters. The van der Waals surface area contributed by atoms with E-state index in [1.807, 2.05) is 24.3 Å². The lowest BCUT2D eigenvalue weighted by atomic mass is 9.92. The number of halogens is 2. The molecule has 3 rings (SSSR count). The molecular formula is C25H39Cl2N3O5. The molecule has 1 aliphatic heterocycles. The smallest absolute Gasteiger partial charge is 0.323 e. The third kappa shape index (κ3) is 9.26. The Morgan fingerprint density at radius 2 is 1.66 bits per heavy atom. The quantitative estimate of drug-likeness (QED) is 0.306. The van der Waals surface area contributed by atoms with Crippen molar-refractivity contribution in [2.24, 2.45) is 5.92 Å². The van der Waals surface area contributed by atoms with Crippen molar-refractivity contribution in [1.82, 2.24) is 15.5 Å². The molecule has 35 heavy (non-hydrogen) atoms. The lowest BCUT2D eigenvalue weighted by Gasteiger charge is -2.31. The van der Waals surface area contributed by atoms with Gasteiger partial charge in [0.15, 0.2) is 0 Å². The van der Waals surface area contributed by atoms with Crippen molar-refractivity contribution in [2.45, 2.75) is 76.4 Å². The first-order valence-electron chi connectivity index (χ1n) is 12.1. The number of nitrogens with zero attached hydrogens (tertiary/aromatic N) is 1. The molecule has 4 N–H and O–H groups in total. The van der Waals surface area contributed by atoms with Crippen LogP contribution in [0.4, 0.5) is 0 Å². The van der Waals surface area contributed by atoms with E-state index >= 15 is 0 Å². The summed E-state index contributed by atoms with van der Waals surface area (Å²) in [6, 6.07) is 6.05. The number of carbonyl (C=O) groups is 3. The van der Waals surface area contributed by atoms with E-state index in [0.29, 0.717) is 25.2 Å². The molecule has 8 nitrogen and oxygen atoms in total. The fraction of sp³-hybridized carbons (Fsp3) is 0.640. The fourth-order valence-electron chi connectivity index (χ4n) is 5.14. The number of aliphatic carboxylic acids is 2. The van der Waals surface area contributed by atoms with Crippen molar-refractivity contribution in [2.75, 3.05) is 19.6 Å². The molecule has 0 radical (unpaired) electrons. The molecule has 2 atom stereocenters. The first kappa shape index (κ1) is 31.2. The number of nitrogens with one attached hydrogen (secondary N) is 2. The third-order valence-electron chi connectivity index (χ3n) is 6.99. The summed E-state index contributed by atoms with van der Waals surface area (Å²) in [6.45, 7) is 3.35. The number of carboxylic acid groups (broad SMARTS) is 2. The van der Waals surface area contributed by atoms with E-state index in [4.69, 9.17) is 0 Å². The first-order valence-corrected chi connectivity index (χ1v) is 12.1. The number of amides is 1. The number of hydrogen-bond donors (Lipinski definition) is 4. The number of piperidine rings is 1. The zero-order chi connectivity index (χ0) is 23.8. The molecule has 1 aliphatic carbocycles. The minimum Gasteiger partial charge on any atom is -0.480 e. The highest BCUT2D eigenvalue weighted by atomic mass is 35.5. The molecule has 10 heteroatoms. The molecule has 1 saturated heterocycles. The van der Waals surface area contributed by atoms with Crippen LogP contribution in [0.15, 0.2) is 24.3 Å². The minimum absolute atomic E-state index is 0. The second-order valence-corrected chi connectivity index (χ2v) is 9.45. The number of unbranched alkanes of at least 4 members (excludes halogenated alkanes) is 1. The Labute approximate surface area is 220 Å². The van der Waals surface area contributed by atoms with Crippen LogP contribution in [-0.2, 0) is 27.2 Å². The number of rotatable bonds is 12. The van der Waals surface area contributed by atoms with E-state index in [-0.39, 0.29) is 36.8 Å². The highest BCUT2D eigenvalue weighted by Crippen LogP contribution is 2.26. The molecule has 2 aliphatic rings. The lowest BCUT2D eigenvalue weighted by Crippen LogP contribution is -2.54. The van der Waals surface area contributed by atoms with Gasteiger partial charge in [0.25, 0.3) is 0 Å². The van der Waals surface area contributed by atoms with Crippen molar-refractivity contribution >= 4 is 42.7 Å². The number of carboxylic acids is 2. The minimum atomic E-state index is -1.07. The molecule has 0 spiro atoms. The van der Waals surface area contributed by atoms with Gasteiger partial charge in [0.2, 0.25) is 5.91 Å². The Balaban J connectivity index is 0.00000306. The number of hydrogen-bond acceptors (Lipinski definition) is 5. The van der Waals surface area contributed by atoms with Gasteiger partial charge in [0, 0.05) is 6.04 Å². The van der Waals surface area contributed by atoms with Crippen LogP contribution in [0.5, 0.6) is 0 Å². The summed E-state index contributed by atoms with van der Waals surface area (Å²) >= 11 is 0. The Morgan fingerprint density at radius 1 is 1.06 bits per heavy atom. The predicted molar refractivity (Wildman–Crippen MR) is 140 cm³/mol. The number of fused-ring (bicyclic) bond motifs is 1. The normalized spacial score (nSPS) is 17.4. The van der Waals surface area contributed by atoms with Crippen molar-refractivity contribution in [1.29, 1.82) is 0 Å². The third-order valence-corrected chi connectivity index (χ3v) is 6.99. The van der Waals surface area contributed by atoms with Crippen LogP contribution in [0.2, 0.25) is 0 Å². The summed E-state index contributed by atoms with van der Waals surface area (Å²) in [7, 11) is 0. The van der Waals surface area contributed by atoms with Gasteiger partial charge < -0.3 is 20.4 Å². The van der Waals surface area contributed by atoms with Gasteiger partial charge in [-0.2, -0.15) is 0 Å². The average molecular weight is 533 g/mol. The zero-order valence-electron chi connectivity index (χ0n) is 20.3. The van der Waals surface area contributed by atoms with Crippen LogP contribution in [0, 0.1) is 5.92 Å². The van der Waals surface area contributed by atoms with Crippen molar-refractivity contribution in [3.05, 3.63) is 35.4 Å². The lowest BCUT2D eigenvalue weighted by molar-refractivity contribution is -0.148. The average Bonchev–Trinajstić information content (AvgIpc) is 3.23. The summed E-state index contributed by atoms with van der Waals surface area (Å²) in [4.78, 5) is 37.9. The monoisotopic (exact) mass is 531 g/mol. The Hall–Kier alpha value is -1.87. The molecule has 0 bridgehead atoms.